The summed E-state index contributed by atoms with van der Waals surface area (Å²) in [4.78, 5) is 21.2. The summed E-state index contributed by atoms with van der Waals surface area (Å²) in [5.74, 6) is 0. The smallest absolute Gasteiger partial charge is 0.353 e. The fourth-order valence-corrected chi connectivity index (χ4v) is 3.51. The summed E-state index contributed by atoms with van der Waals surface area (Å²) in [6, 6.07) is 13.0. The number of aromatic nitrogens is 7. The highest BCUT2D eigenvalue weighted by Gasteiger charge is 2.17. The highest BCUT2D eigenvalue weighted by molar-refractivity contribution is 6.31. The summed E-state index contributed by atoms with van der Waals surface area (Å²) in [6.07, 6.45) is 6.65. The minimum absolute atomic E-state index is 0.196. The van der Waals surface area contributed by atoms with E-state index in [0.29, 0.717) is 10.7 Å². The van der Waals surface area contributed by atoms with Gasteiger partial charge in [-0.2, -0.15) is 9.78 Å². The minimum Gasteiger partial charge on any atom is -0.467 e. The number of fused-ring (bicyclic) bond motifs is 1. The molecule has 0 spiro atoms. The molecule has 0 N–H and O–H groups in total. The van der Waals surface area contributed by atoms with E-state index in [-0.39, 0.29) is 18.2 Å². The van der Waals surface area contributed by atoms with Crippen LogP contribution in [0.2, 0.25) is 5.02 Å². The maximum Gasteiger partial charge on any atom is 0.353 e. The van der Waals surface area contributed by atoms with Crippen molar-refractivity contribution in [2.75, 3.05) is 7.11 Å². The predicted molar refractivity (Wildman–Crippen MR) is 115 cm³/mol. The first kappa shape index (κ1) is 19.0. The molecule has 3 aromatic heterocycles. The SMILES string of the molecule is COc1nn(-c2ccc3nn(-c4cncnc4)cc3c2)c(=O)n1Cc1ccccc1Cl. The van der Waals surface area contributed by atoms with Gasteiger partial charge in [-0.25, -0.2) is 24.0 Å². The number of methoxy groups -OCH3 is 1. The van der Waals surface area contributed by atoms with Crippen molar-refractivity contribution in [2.45, 2.75) is 6.54 Å². The van der Waals surface area contributed by atoms with Crippen molar-refractivity contribution >= 4 is 22.5 Å². The molecule has 0 aliphatic rings. The van der Waals surface area contributed by atoms with Crippen LogP contribution in [0.1, 0.15) is 5.56 Å². The third-order valence-electron chi connectivity index (χ3n) is 4.84. The van der Waals surface area contributed by atoms with Gasteiger partial charge >= 0.3 is 11.7 Å². The molecule has 10 heteroatoms. The van der Waals surface area contributed by atoms with Crippen LogP contribution in [-0.2, 0) is 6.54 Å². The van der Waals surface area contributed by atoms with Gasteiger partial charge in [0.25, 0.3) is 0 Å². The number of halogens is 1. The lowest BCUT2D eigenvalue weighted by Gasteiger charge is -2.05. The maximum atomic E-state index is 13.1. The molecule has 0 amide bonds. The second-order valence-corrected chi connectivity index (χ2v) is 7.18. The number of hydrogen-bond acceptors (Lipinski definition) is 6. The summed E-state index contributed by atoms with van der Waals surface area (Å²) in [7, 11) is 1.48. The number of ether oxygens (including phenoxy) is 1. The van der Waals surface area contributed by atoms with E-state index in [1.807, 2.05) is 36.5 Å². The van der Waals surface area contributed by atoms with Gasteiger partial charge in [-0.3, -0.25) is 0 Å². The molecule has 0 bridgehead atoms. The average Bonchev–Trinajstić information content (AvgIpc) is 3.36. The van der Waals surface area contributed by atoms with Crippen LogP contribution < -0.4 is 10.4 Å². The lowest BCUT2D eigenvalue weighted by Crippen LogP contribution is -2.24. The molecule has 0 aliphatic carbocycles. The second kappa shape index (κ2) is 7.69. The monoisotopic (exact) mass is 433 g/mol. The number of hydrogen-bond donors (Lipinski definition) is 0. The van der Waals surface area contributed by atoms with Gasteiger partial charge in [0, 0.05) is 16.6 Å². The van der Waals surface area contributed by atoms with E-state index in [1.165, 1.54) is 22.7 Å². The van der Waals surface area contributed by atoms with Gasteiger partial charge in [0.1, 0.15) is 12.0 Å². The van der Waals surface area contributed by atoms with Gasteiger partial charge in [-0.1, -0.05) is 29.8 Å². The molecule has 2 aromatic carbocycles. The third-order valence-corrected chi connectivity index (χ3v) is 5.21. The Morgan fingerprint density at radius 1 is 1.03 bits per heavy atom. The lowest BCUT2D eigenvalue weighted by atomic mass is 10.2. The normalized spacial score (nSPS) is 11.2. The van der Waals surface area contributed by atoms with Crippen LogP contribution in [0, 0.1) is 0 Å². The van der Waals surface area contributed by atoms with Crippen LogP contribution in [-0.4, -0.2) is 41.2 Å². The molecule has 154 valence electrons. The van der Waals surface area contributed by atoms with Crippen molar-refractivity contribution in [3.63, 3.8) is 0 Å². The van der Waals surface area contributed by atoms with Crippen molar-refractivity contribution in [2.24, 2.45) is 0 Å². The van der Waals surface area contributed by atoms with Gasteiger partial charge in [-0.05, 0) is 29.8 Å². The zero-order chi connectivity index (χ0) is 21.4. The van der Waals surface area contributed by atoms with Gasteiger partial charge in [-0.15, -0.1) is 5.10 Å². The minimum atomic E-state index is -0.333. The molecule has 3 heterocycles. The molecule has 31 heavy (non-hydrogen) atoms. The van der Waals surface area contributed by atoms with E-state index < -0.39 is 0 Å². The molecular weight excluding hydrogens is 418 g/mol. The van der Waals surface area contributed by atoms with Crippen LogP contribution in [0.15, 0.2) is 72.2 Å². The molecule has 9 nitrogen and oxygen atoms in total. The molecule has 0 saturated heterocycles. The van der Waals surface area contributed by atoms with Crippen LogP contribution in [0.25, 0.3) is 22.3 Å². The Hall–Kier alpha value is -3.98. The average molecular weight is 434 g/mol. The second-order valence-electron chi connectivity index (χ2n) is 6.77. The molecule has 5 aromatic rings. The van der Waals surface area contributed by atoms with Crippen LogP contribution in [0.5, 0.6) is 6.01 Å². The third kappa shape index (κ3) is 3.44. The Labute approximate surface area is 181 Å². The molecule has 0 radical (unpaired) electrons. The van der Waals surface area contributed by atoms with Gasteiger partial charge in [0.15, 0.2) is 0 Å². The summed E-state index contributed by atoms with van der Waals surface area (Å²) in [6.45, 7) is 0.246. The van der Waals surface area contributed by atoms with Crippen molar-refractivity contribution in [3.8, 4) is 17.4 Å². The standard InChI is InChI=1S/C21H16ClN7O2/c1-31-20-26-29(21(30)27(20)11-14-4-2-3-5-18(14)22)16-6-7-19-15(8-16)12-28(25-19)17-9-23-13-24-10-17/h2-10,12-13H,11H2,1H3. The fraction of sp³-hybridized carbons (Fsp3) is 0.0952. The Balaban J connectivity index is 1.56. The van der Waals surface area contributed by atoms with Gasteiger partial charge in [0.05, 0.1) is 37.3 Å². The Morgan fingerprint density at radius 3 is 2.61 bits per heavy atom. The van der Waals surface area contributed by atoms with Gasteiger partial charge < -0.3 is 4.74 Å². The fourth-order valence-electron chi connectivity index (χ4n) is 3.32. The first-order valence-corrected chi connectivity index (χ1v) is 9.74. The largest absolute Gasteiger partial charge is 0.467 e. The van der Waals surface area contributed by atoms with E-state index in [2.05, 4.69) is 20.2 Å². The molecule has 0 aliphatic heterocycles. The highest BCUT2D eigenvalue weighted by Crippen LogP contribution is 2.21. The zero-order valence-corrected chi connectivity index (χ0v) is 17.1. The molecule has 5 rings (SSSR count). The number of nitrogens with zero attached hydrogens (tertiary/aromatic N) is 7. The molecular formula is C21H16ClN7O2. The highest BCUT2D eigenvalue weighted by atomic mass is 35.5. The summed E-state index contributed by atoms with van der Waals surface area (Å²) < 4.78 is 9.78. The summed E-state index contributed by atoms with van der Waals surface area (Å²) in [5, 5.41) is 10.3. The number of rotatable bonds is 5. The molecule has 0 saturated carbocycles. The Kier molecular flexibility index (Phi) is 4.72. The van der Waals surface area contributed by atoms with Crippen molar-refractivity contribution in [1.82, 2.24) is 34.1 Å². The molecule has 0 unspecified atom stereocenters. The summed E-state index contributed by atoms with van der Waals surface area (Å²) in [5.41, 5.74) is 2.56. The van der Waals surface area contributed by atoms with Crippen molar-refractivity contribution in [1.29, 1.82) is 0 Å². The van der Waals surface area contributed by atoms with E-state index >= 15 is 0 Å². The topological polar surface area (TPSA) is 92.7 Å². The van der Waals surface area contributed by atoms with E-state index in [0.717, 1.165) is 22.2 Å². The van der Waals surface area contributed by atoms with E-state index in [1.54, 1.807) is 29.2 Å². The van der Waals surface area contributed by atoms with Crippen molar-refractivity contribution < 1.29 is 4.74 Å². The van der Waals surface area contributed by atoms with Crippen LogP contribution in [0.4, 0.5) is 0 Å². The lowest BCUT2D eigenvalue weighted by molar-refractivity contribution is 0.357. The first-order chi connectivity index (χ1) is 15.1. The van der Waals surface area contributed by atoms with Crippen molar-refractivity contribution in [3.05, 3.63) is 88.5 Å². The number of benzene rings is 2. The van der Waals surface area contributed by atoms with Crippen LogP contribution in [0.3, 0.4) is 0 Å². The van der Waals surface area contributed by atoms with Crippen LogP contribution >= 0.6 is 11.6 Å². The Bertz CT molecular complexity index is 1440. The quantitative estimate of drug-likeness (QED) is 0.423. The first-order valence-electron chi connectivity index (χ1n) is 9.36. The molecule has 0 atom stereocenters. The maximum absolute atomic E-state index is 13.1. The van der Waals surface area contributed by atoms with E-state index in [4.69, 9.17) is 16.3 Å². The van der Waals surface area contributed by atoms with E-state index in [9.17, 15) is 4.79 Å². The van der Waals surface area contributed by atoms with Gasteiger partial charge in [0.2, 0.25) is 0 Å². The zero-order valence-electron chi connectivity index (χ0n) is 16.4. The molecule has 0 fully saturated rings. The Morgan fingerprint density at radius 2 is 1.84 bits per heavy atom. The predicted octanol–water partition coefficient (Wildman–Crippen LogP) is 2.87. The summed E-state index contributed by atoms with van der Waals surface area (Å²) >= 11 is 6.26.